The Hall–Kier alpha value is -2.62. The highest BCUT2D eigenvalue weighted by Crippen LogP contribution is 2.10. The Morgan fingerprint density at radius 3 is 2.42 bits per heavy atom. The van der Waals surface area contributed by atoms with Crippen molar-refractivity contribution < 1.29 is 14.7 Å². The molecule has 0 unspecified atom stereocenters. The molecule has 1 amide bonds. The maximum Gasteiger partial charge on any atom is 0.307 e. The number of nitrogens with one attached hydrogen (secondary N) is 1. The van der Waals surface area contributed by atoms with Gasteiger partial charge in [-0.1, -0.05) is 30.3 Å². The third kappa shape index (κ3) is 3.67. The molecule has 0 aliphatic rings. The lowest BCUT2D eigenvalue weighted by Crippen LogP contribution is -2.12. The Balaban J connectivity index is 2.13. The maximum absolute atomic E-state index is 12.0. The lowest BCUT2D eigenvalue weighted by molar-refractivity contribution is -0.136. The lowest BCUT2D eigenvalue weighted by atomic mass is 10.1. The van der Waals surface area contributed by atoms with Crippen LogP contribution in [0.2, 0.25) is 0 Å². The van der Waals surface area contributed by atoms with E-state index < -0.39 is 5.97 Å². The predicted molar refractivity (Wildman–Crippen MR) is 72.2 cm³/mol. The van der Waals surface area contributed by atoms with Crippen LogP contribution >= 0.6 is 0 Å². The van der Waals surface area contributed by atoms with E-state index >= 15 is 0 Å². The van der Waals surface area contributed by atoms with Crippen LogP contribution in [0.3, 0.4) is 0 Å². The summed E-state index contributed by atoms with van der Waals surface area (Å²) in [5.41, 5.74) is 1.76. The van der Waals surface area contributed by atoms with Crippen LogP contribution in [0, 0.1) is 0 Å². The molecule has 0 aromatic heterocycles. The Morgan fingerprint density at radius 2 is 1.74 bits per heavy atom. The van der Waals surface area contributed by atoms with Crippen molar-refractivity contribution in [2.75, 3.05) is 5.32 Å². The number of hydrogen-bond acceptors (Lipinski definition) is 2. The predicted octanol–water partition coefficient (Wildman–Crippen LogP) is 2.57. The van der Waals surface area contributed by atoms with Crippen LogP contribution in [0.15, 0.2) is 54.6 Å². The summed E-state index contributed by atoms with van der Waals surface area (Å²) in [5, 5.41) is 11.5. The van der Waals surface area contributed by atoms with Crippen molar-refractivity contribution in [1.29, 1.82) is 0 Å². The van der Waals surface area contributed by atoms with Gasteiger partial charge in [0.2, 0.25) is 0 Å². The molecule has 0 saturated heterocycles. The number of carbonyl (C=O) groups is 2. The fourth-order valence-electron chi connectivity index (χ4n) is 1.72. The molecule has 0 heterocycles. The maximum atomic E-state index is 12.0. The molecule has 0 aliphatic carbocycles. The van der Waals surface area contributed by atoms with Gasteiger partial charge in [-0.2, -0.15) is 0 Å². The van der Waals surface area contributed by atoms with Crippen LogP contribution in [0.4, 0.5) is 5.69 Å². The SMILES string of the molecule is O=C(O)Cc1cccc(C(=O)Nc2ccccc2)c1. The van der Waals surface area contributed by atoms with Gasteiger partial charge in [0.05, 0.1) is 6.42 Å². The van der Waals surface area contributed by atoms with E-state index in [2.05, 4.69) is 5.32 Å². The highest BCUT2D eigenvalue weighted by atomic mass is 16.4. The minimum absolute atomic E-state index is 0.0908. The molecular weight excluding hydrogens is 242 g/mol. The van der Waals surface area contributed by atoms with Gasteiger partial charge >= 0.3 is 5.97 Å². The van der Waals surface area contributed by atoms with E-state index in [9.17, 15) is 9.59 Å². The molecule has 0 saturated carbocycles. The van der Waals surface area contributed by atoms with Gasteiger partial charge in [-0.05, 0) is 29.8 Å². The average molecular weight is 255 g/mol. The van der Waals surface area contributed by atoms with E-state index in [-0.39, 0.29) is 12.3 Å². The van der Waals surface area contributed by atoms with Gasteiger partial charge in [0.1, 0.15) is 0 Å². The topological polar surface area (TPSA) is 66.4 Å². The number of carbonyl (C=O) groups excluding carboxylic acids is 1. The monoisotopic (exact) mass is 255 g/mol. The molecular formula is C15H13NO3. The normalized spacial score (nSPS) is 9.89. The minimum atomic E-state index is -0.916. The smallest absolute Gasteiger partial charge is 0.307 e. The molecule has 2 aromatic carbocycles. The Labute approximate surface area is 110 Å². The van der Waals surface area contributed by atoms with Crippen LogP contribution in [-0.2, 0) is 11.2 Å². The highest BCUT2D eigenvalue weighted by molar-refractivity contribution is 6.04. The third-order valence-electron chi connectivity index (χ3n) is 2.58. The number of rotatable bonds is 4. The van der Waals surface area contributed by atoms with Crippen molar-refractivity contribution in [2.45, 2.75) is 6.42 Å². The molecule has 4 heteroatoms. The summed E-state index contributed by atoms with van der Waals surface area (Å²) in [6.07, 6.45) is -0.0908. The fourth-order valence-corrected chi connectivity index (χ4v) is 1.72. The number of aliphatic carboxylic acids is 1. The number of hydrogen-bond donors (Lipinski definition) is 2. The van der Waals surface area contributed by atoms with E-state index in [0.29, 0.717) is 16.8 Å². The van der Waals surface area contributed by atoms with Crippen molar-refractivity contribution in [2.24, 2.45) is 0 Å². The van der Waals surface area contributed by atoms with Crippen molar-refractivity contribution in [3.63, 3.8) is 0 Å². The second-order valence-electron chi connectivity index (χ2n) is 4.09. The molecule has 19 heavy (non-hydrogen) atoms. The zero-order valence-corrected chi connectivity index (χ0v) is 10.2. The van der Waals surface area contributed by atoms with Crippen molar-refractivity contribution >= 4 is 17.6 Å². The number of carboxylic acids is 1. The summed E-state index contributed by atoms with van der Waals surface area (Å²) in [6.45, 7) is 0. The Bertz CT molecular complexity index is 593. The molecule has 2 rings (SSSR count). The van der Waals surface area contributed by atoms with E-state index in [0.717, 1.165) is 0 Å². The number of para-hydroxylation sites is 1. The summed E-state index contributed by atoms with van der Waals surface area (Å²) in [6, 6.07) is 15.7. The molecule has 96 valence electrons. The van der Waals surface area contributed by atoms with Crippen molar-refractivity contribution in [1.82, 2.24) is 0 Å². The van der Waals surface area contributed by atoms with Crippen LogP contribution in [0.5, 0.6) is 0 Å². The minimum Gasteiger partial charge on any atom is -0.481 e. The van der Waals surface area contributed by atoms with Crippen LogP contribution < -0.4 is 5.32 Å². The summed E-state index contributed by atoms with van der Waals surface area (Å²) in [5.74, 6) is -1.17. The van der Waals surface area contributed by atoms with Gasteiger partial charge in [0, 0.05) is 11.3 Å². The average Bonchev–Trinajstić information content (AvgIpc) is 2.39. The van der Waals surface area contributed by atoms with Crippen LogP contribution in [-0.4, -0.2) is 17.0 Å². The molecule has 0 atom stereocenters. The quantitative estimate of drug-likeness (QED) is 0.882. The number of benzene rings is 2. The molecule has 0 fully saturated rings. The number of amides is 1. The zero-order valence-electron chi connectivity index (χ0n) is 10.2. The van der Waals surface area contributed by atoms with E-state index in [1.807, 2.05) is 18.2 Å². The number of carboxylic acid groups (broad SMARTS) is 1. The molecule has 0 bridgehead atoms. The van der Waals surface area contributed by atoms with Crippen LogP contribution in [0.25, 0.3) is 0 Å². The van der Waals surface area contributed by atoms with Crippen LogP contribution in [0.1, 0.15) is 15.9 Å². The standard InChI is InChI=1S/C15H13NO3/c17-14(18)10-11-5-4-6-12(9-11)15(19)16-13-7-2-1-3-8-13/h1-9H,10H2,(H,16,19)(H,17,18). The molecule has 2 N–H and O–H groups in total. The first-order valence-electron chi connectivity index (χ1n) is 5.82. The lowest BCUT2D eigenvalue weighted by Gasteiger charge is -2.06. The second kappa shape index (κ2) is 5.82. The van der Waals surface area contributed by atoms with Gasteiger partial charge in [0.15, 0.2) is 0 Å². The van der Waals surface area contributed by atoms with Crippen molar-refractivity contribution in [3.8, 4) is 0 Å². The molecule has 0 aliphatic heterocycles. The van der Waals surface area contributed by atoms with Gasteiger partial charge in [-0.25, -0.2) is 0 Å². The highest BCUT2D eigenvalue weighted by Gasteiger charge is 2.08. The van der Waals surface area contributed by atoms with Crippen molar-refractivity contribution in [3.05, 3.63) is 65.7 Å². The molecule has 4 nitrogen and oxygen atoms in total. The van der Waals surface area contributed by atoms with E-state index in [1.54, 1.807) is 36.4 Å². The van der Waals surface area contributed by atoms with Gasteiger partial charge in [-0.15, -0.1) is 0 Å². The summed E-state index contributed by atoms with van der Waals surface area (Å²) in [7, 11) is 0. The fraction of sp³-hybridized carbons (Fsp3) is 0.0667. The Morgan fingerprint density at radius 1 is 1.00 bits per heavy atom. The Kier molecular flexibility index (Phi) is 3.93. The van der Waals surface area contributed by atoms with Gasteiger partial charge in [0.25, 0.3) is 5.91 Å². The second-order valence-corrected chi connectivity index (χ2v) is 4.09. The van der Waals surface area contributed by atoms with E-state index in [4.69, 9.17) is 5.11 Å². The molecule has 0 radical (unpaired) electrons. The summed E-state index contributed by atoms with van der Waals surface area (Å²) < 4.78 is 0. The molecule has 2 aromatic rings. The third-order valence-corrected chi connectivity index (χ3v) is 2.58. The largest absolute Gasteiger partial charge is 0.481 e. The first kappa shape index (κ1) is 12.8. The summed E-state index contributed by atoms with van der Waals surface area (Å²) >= 11 is 0. The molecule has 0 spiro atoms. The zero-order chi connectivity index (χ0) is 13.7. The van der Waals surface area contributed by atoms with Gasteiger partial charge in [-0.3, -0.25) is 9.59 Å². The van der Waals surface area contributed by atoms with E-state index in [1.165, 1.54) is 0 Å². The number of anilines is 1. The summed E-state index contributed by atoms with van der Waals surface area (Å²) in [4.78, 5) is 22.6. The van der Waals surface area contributed by atoms with Gasteiger partial charge < -0.3 is 10.4 Å². The first-order chi connectivity index (χ1) is 9.15. The first-order valence-corrected chi connectivity index (χ1v) is 5.82.